The third kappa shape index (κ3) is 2.58. The minimum atomic E-state index is -0.950. The van der Waals surface area contributed by atoms with Crippen molar-refractivity contribution in [2.75, 3.05) is 0 Å². The summed E-state index contributed by atoms with van der Waals surface area (Å²) in [4.78, 5) is 10.4. The van der Waals surface area contributed by atoms with Crippen molar-refractivity contribution < 1.29 is 14.6 Å². The van der Waals surface area contributed by atoms with Crippen molar-refractivity contribution in [3.05, 3.63) is 29.8 Å². The normalized spacial score (nSPS) is 26.2. The van der Waals surface area contributed by atoms with E-state index in [0.29, 0.717) is 0 Å². The Hall–Kier alpha value is -1.71. The van der Waals surface area contributed by atoms with Gasteiger partial charge >= 0.3 is 6.09 Å². The number of hydrogen-bond donors (Lipinski definition) is 2. The van der Waals surface area contributed by atoms with Crippen molar-refractivity contribution in [3.63, 3.8) is 0 Å². The molecule has 4 heteroatoms. The molecule has 2 saturated carbocycles. The number of carboxylic acid groups (broad SMARTS) is 1. The molecule has 1 amide bonds. The van der Waals surface area contributed by atoms with Crippen LogP contribution < -0.4 is 10.1 Å². The summed E-state index contributed by atoms with van der Waals surface area (Å²) in [5.74, 6) is 1.65. The van der Waals surface area contributed by atoms with Crippen molar-refractivity contribution in [1.29, 1.82) is 0 Å². The van der Waals surface area contributed by atoms with E-state index in [1.807, 2.05) is 12.1 Å². The highest BCUT2D eigenvalue weighted by atomic mass is 16.5. The summed E-state index contributed by atoms with van der Waals surface area (Å²) in [5.41, 5.74) is 1.37. The van der Waals surface area contributed by atoms with Crippen LogP contribution in [0.2, 0.25) is 0 Å². The Bertz CT molecular complexity index is 450. The fraction of sp³-hybridized carbons (Fsp3) is 0.500. The second-order valence-corrected chi connectivity index (χ2v) is 5.20. The van der Waals surface area contributed by atoms with E-state index in [-0.39, 0.29) is 12.1 Å². The molecule has 0 aliphatic heterocycles. The third-order valence-corrected chi connectivity index (χ3v) is 3.63. The first-order chi connectivity index (χ1) is 8.70. The maximum atomic E-state index is 10.4. The zero-order chi connectivity index (χ0) is 12.5. The van der Waals surface area contributed by atoms with Crippen molar-refractivity contribution in [3.8, 4) is 5.75 Å². The molecule has 0 saturated heterocycles. The maximum absolute atomic E-state index is 10.4. The average molecular weight is 247 g/mol. The predicted octanol–water partition coefficient (Wildman–Crippen LogP) is 2.74. The number of carbonyl (C=O) groups is 1. The molecule has 4 nitrogen and oxygen atoms in total. The van der Waals surface area contributed by atoms with Gasteiger partial charge < -0.3 is 15.2 Å². The standard InChI is InChI=1S/C14H17NO3/c16-14(17)15-11-7-13(8-11)18-12-3-1-2-10(6-12)9-4-5-9/h1-3,6,9,11,13,15H,4-5,7-8H2,(H,16,17)/t11-,13-. The molecule has 96 valence electrons. The van der Waals surface area contributed by atoms with Gasteiger partial charge in [-0.2, -0.15) is 0 Å². The van der Waals surface area contributed by atoms with Gasteiger partial charge in [-0.05, 0) is 36.5 Å². The molecule has 2 fully saturated rings. The molecule has 0 unspecified atom stereocenters. The fourth-order valence-electron chi connectivity index (χ4n) is 2.41. The molecule has 0 aromatic heterocycles. The van der Waals surface area contributed by atoms with Gasteiger partial charge in [-0.15, -0.1) is 0 Å². The SMILES string of the molecule is O=C(O)N[C@H]1C[C@H](Oc2cccc(C3CC3)c2)C1. The van der Waals surface area contributed by atoms with Crippen LogP contribution in [0.5, 0.6) is 5.75 Å². The van der Waals surface area contributed by atoms with Crippen molar-refractivity contribution in [2.45, 2.75) is 43.7 Å². The Morgan fingerprint density at radius 2 is 2.11 bits per heavy atom. The largest absolute Gasteiger partial charge is 0.490 e. The van der Waals surface area contributed by atoms with Gasteiger partial charge in [-0.25, -0.2) is 4.79 Å². The maximum Gasteiger partial charge on any atom is 0.404 e. The van der Waals surface area contributed by atoms with Gasteiger partial charge in [-0.1, -0.05) is 12.1 Å². The Kier molecular flexibility index (Phi) is 2.86. The minimum absolute atomic E-state index is 0.0547. The van der Waals surface area contributed by atoms with E-state index in [4.69, 9.17) is 9.84 Å². The smallest absolute Gasteiger partial charge is 0.404 e. The summed E-state index contributed by atoms with van der Waals surface area (Å²) < 4.78 is 5.85. The summed E-state index contributed by atoms with van der Waals surface area (Å²) in [5, 5.41) is 11.0. The van der Waals surface area contributed by atoms with Gasteiger partial charge in [0.25, 0.3) is 0 Å². The van der Waals surface area contributed by atoms with Crippen LogP contribution in [0.4, 0.5) is 4.79 Å². The van der Waals surface area contributed by atoms with Gasteiger partial charge in [0.2, 0.25) is 0 Å². The van der Waals surface area contributed by atoms with Gasteiger partial charge in [0, 0.05) is 18.9 Å². The first-order valence-corrected chi connectivity index (χ1v) is 6.47. The molecule has 0 bridgehead atoms. The Labute approximate surface area is 106 Å². The molecule has 1 aromatic rings. The van der Waals surface area contributed by atoms with E-state index in [9.17, 15) is 4.79 Å². The highest BCUT2D eigenvalue weighted by molar-refractivity contribution is 5.65. The topological polar surface area (TPSA) is 58.6 Å². The Morgan fingerprint density at radius 1 is 1.33 bits per heavy atom. The summed E-state index contributed by atoms with van der Waals surface area (Å²) in [6.45, 7) is 0. The molecule has 1 aromatic carbocycles. The lowest BCUT2D eigenvalue weighted by molar-refractivity contribution is 0.0833. The van der Waals surface area contributed by atoms with Crippen LogP contribution in [0, 0.1) is 0 Å². The van der Waals surface area contributed by atoms with Crippen LogP contribution in [-0.2, 0) is 0 Å². The van der Waals surface area contributed by atoms with Crippen molar-refractivity contribution >= 4 is 6.09 Å². The van der Waals surface area contributed by atoms with Crippen LogP contribution >= 0.6 is 0 Å². The number of ether oxygens (including phenoxy) is 1. The number of amides is 1. The molecule has 2 aliphatic rings. The summed E-state index contributed by atoms with van der Waals surface area (Å²) in [6, 6.07) is 8.34. The van der Waals surface area contributed by atoms with Crippen LogP contribution in [0.25, 0.3) is 0 Å². The molecule has 18 heavy (non-hydrogen) atoms. The summed E-state index contributed by atoms with van der Waals surface area (Å²) >= 11 is 0. The van der Waals surface area contributed by atoms with Gasteiger partial charge in [0.05, 0.1) is 0 Å². The molecule has 3 rings (SSSR count). The second kappa shape index (κ2) is 4.52. The molecule has 0 radical (unpaired) electrons. The second-order valence-electron chi connectivity index (χ2n) is 5.20. The Balaban J connectivity index is 1.51. The van der Waals surface area contributed by atoms with Crippen LogP contribution in [-0.4, -0.2) is 23.3 Å². The van der Waals surface area contributed by atoms with E-state index in [1.165, 1.54) is 18.4 Å². The molecule has 0 atom stereocenters. The summed E-state index contributed by atoms with van der Waals surface area (Å²) in [6.07, 6.45) is 3.31. The molecule has 2 aliphatic carbocycles. The molecular weight excluding hydrogens is 230 g/mol. The van der Waals surface area contributed by atoms with Crippen LogP contribution in [0.3, 0.4) is 0 Å². The van der Waals surface area contributed by atoms with Gasteiger partial charge in [0.1, 0.15) is 11.9 Å². The van der Waals surface area contributed by atoms with E-state index in [0.717, 1.165) is 24.5 Å². The monoisotopic (exact) mass is 247 g/mol. The van der Waals surface area contributed by atoms with Crippen LogP contribution in [0.1, 0.15) is 37.2 Å². The quantitative estimate of drug-likeness (QED) is 0.860. The number of nitrogens with one attached hydrogen (secondary N) is 1. The highest BCUT2D eigenvalue weighted by Gasteiger charge is 2.32. The van der Waals surface area contributed by atoms with Crippen molar-refractivity contribution in [1.82, 2.24) is 5.32 Å². The van der Waals surface area contributed by atoms with Gasteiger partial charge in [-0.3, -0.25) is 0 Å². The average Bonchev–Trinajstić information content (AvgIpc) is 3.09. The number of benzene rings is 1. The first-order valence-electron chi connectivity index (χ1n) is 6.47. The predicted molar refractivity (Wildman–Crippen MR) is 67.0 cm³/mol. The highest BCUT2D eigenvalue weighted by Crippen LogP contribution is 2.41. The zero-order valence-corrected chi connectivity index (χ0v) is 10.1. The van der Waals surface area contributed by atoms with E-state index in [2.05, 4.69) is 17.4 Å². The lowest BCUT2D eigenvalue weighted by Crippen LogP contribution is -2.48. The number of rotatable bonds is 4. The lowest BCUT2D eigenvalue weighted by atomic mass is 9.89. The lowest BCUT2D eigenvalue weighted by Gasteiger charge is -2.35. The molecule has 2 N–H and O–H groups in total. The molecule has 0 spiro atoms. The summed E-state index contributed by atoms with van der Waals surface area (Å²) in [7, 11) is 0. The Morgan fingerprint density at radius 3 is 2.78 bits per heavy atom. The fourth-order valence-corrected chi connectivity index (χ4v) is 2.41. The van der Waals surface area contributed by atoms with Crippen molar-refractivity contribution in [2.24, 2.45) is 0 Å². The van der Waals surface area contributed by atoms with E-state index in [1.54, 1.807) is 0 Å². The molecule has 0 heterocycles. The molecular formula is C14H17NO3. The van der Waals surface area contributed by atoms with E-state index >= 15 is 0 Å². The zero-order valence-electron chi connectivity index (χ0n) is 10.1. The number of hydrogen-bond acceptors (Lipinski definition) is 2. The third-order valence-electron chi connectivity index (χ3n) is 3.63. The minimum Gasteiger partial charge on any atom is -0.490 e. The van der Waals surface area contributed by atoms with Crippen LogP contribution in [0.15, 0.2) is 24.3 Å². The van der Waals surface area contributed by atoms with E-state index < -0.39 is 6.09 Å². The first kappa shape index (κ1) is 11.4. The van der Waals surface area contributed by atoms with Gasteiger partial charge in [0.15, 0.2) is 0 Å².